The van der Waals surface area contributed by atoms with Crippen LogP contribution in [0.4, 0.5) is 10.5 Å². The van der Waals surface area contributed by atoms with Crippen LogP contribution >= 0.6 is 11.6 Å². The number of urea groups is 1. The molecule has 0 atom stereocenters. The number of nitrogens with one attached hydrogen (secondary N) is 1. The Morgan fingerprint density at radius 1 is 1.04 bits per heavy atom. The van der Waals surface area contributed by atoms with Crippen LogP contribution in [0.25, 0.3) is 0 Å². The summed E-state index contributed by atoms with van der Waals surface area (Å²) in [6, 6.07) is 13.1. The zero-order chi connectivity index (χ0) is 19.2. The van der Waals surface area contributed by atoms with Crippen molar-refractivity contribution >= 4 is 23.3 Å². The number of amides is 2. The maximum Gasteiger partial charge on any atom is 0.321 e. The van der Waals surface area contributed by atoms with Gasteiger partial charge in [0.25, 0.3) is 0 Å². The van der Waals surface area contributed by atoms with Crippen LogP contribution in [0.2, 0.25) is 5.02 Å². The molecule has 6 nitrogen and oxygen atoms in total. The van der Waals surface area contributed by atoms with Crippen LogP contribution in [0.15, 0.2) is 42.5 Å². The normalized spacial score (nSPS) is 14.7. The fourth-order valence-corrected chi connectivity index (χ4v) is 3.29. The molecule has 1 fully saturated rings. The van der Waals surface area contributed by atoms with E-state index in [2.05, 4.69) is 10.2 Å². The molecule has 1 saturated heterocycles. The quantitative estimate of drug-likeness (QED) is 0.847. The highest BCUT2D eigenvalue weighted by atomic mass is 35.5. The SMILES string of the molecule is COc1ccc(CN2CCN(C(=O)Nc3ccccc3Cl)CC2)cc1OC. The lowest BCUT2D eigenvalue weighted by Crippen LogP contribution is -2.49. The van der Waals surface area contributed by atoms with Crippen LogP contribution < -0.4 is 14.8 Å². The van der Waals surface area contributed by atoms with Gasteiger partial charge in [-0.1, -0.05) is 29.8 Å². The molecule has 3 rings (SSSR count). The van der Waals surface area contributed by atoms with Gasteiger partial charge in [0.05, 0.1) is 24.9 Å². The Hall–Kier alpha value is -2.44. The van der Waals surface area contributed by atoms with Crippen LogP contribution in [0.1, 0.15) is 5.56 Å². The van der Waals surface area contributed by atoms with Crippen LogP contribution in [-0.2, 0) is 6.54 Å². The predicted octanol–water partition coefficient (Wildman–Crippen LogP) is 3.71. The summed E-state index contributed by atoms with van der Waals surface area (Å²) in [5, 5.41) is 3.42. The molecule has 1 aliphatic heterocycles. The zero-order valence-electron chi connectivity index (χ0n) is 15.6. The number of rotatable bonds is 5. The number of piperazine rings is 1. The minimum atomic E-state index is -0.117. The summed E-state index contributed by atoms with van der Waals surface area (Å²) in [6.07, 6.45) is 0. The molecule has 1 aliphatic rings. The summed E-state index contributed by atoms with van der Waals surface area (Å²) in [5.74, 6) is 1.45. The first-order chi connectivity index (χ1) is 13.1. The molecule has 0 radical (unpaired) electrons. The third kappa shape index (κ3) is 4.84. The first kappa shape index (κ1) is 19.3. The summed E-state index contributed by atoms with van der Waals surface area (Å²) >= 11 is 6.11. The topological polar surface area (TPSA) is 54.0 Å². The third-order valence-corrected chi connectivity index (χ3v) is 4.96. The first-order valence-electron chi connectivity index (χ1n) is 8.84. The smallest absolute Gasteiger partial charge is 0.321 e. The Labute approximate surface area is 164 Å². The molecular formula is C20H24ClN3O3. The van der Waals surface area contributed by atoms with Gasteiger partial charge in [0.1, 0.15) is 0 Å². The number of halogens is 1. The van der Waals surface area contributed by atoms with E-state index in [9.17, 15) is 4.79 Å². The maximum atomic E-state index is 12.4. The van der Waals surface area contributed by atoms with Crippen LogP contribution in [0.3, 0.4) is 0 Å². The lowest BCUT2D eigenvalue weighted by molar-refractivity contribution is 0.143. The van der Waals surface area contributed by atoms with E-state index in [-0.39, 0.29) is 6.03 Å². The molecule has 0 spiro atoms. The second kappa shape index (κ2) is 8.97. The van der Waals surface area contributed by atoms with Crippen molar-refractivity contribution in [2.24, 2.45) is 0 Å². The number of ether oxygens (including phenoxy) is 2. The van der Waals surface area contributed by atoms with Crippen LogP contribution in [-0.4, -0.2) is 56.2 Å². The van der Waals surface area contributed by atoms with Gasteiger partial charge in [-0.25, -0.2) is 4.79 Å². The van der Waals surface area contributed by atoms with Crippen LogP contribution in [0.5, 0.6) is 11.5 Å². The van der Waals surface area contributed by atoms with Gasteiger partial charge in [-0.3, -0.25) is 4.90 Å². The van der Waals surface area contributed by atoms with Gasteiger partial charge in [-0.15, -0.1) is 0 Å². The van der Waals surface area contributed by atoms with E-state index in [1.54, 1.807) is 26.4 Å². The standard InChI is InChI=1S/C20H24ClN3O3/c1-26-18-8-7-15(13-19(18)27-2)14-23-9-11-24(12-10-23)20(25)22-17-6-4-3-5-16(17)21/h3-8,13H,9-12,14H2,1-2H3,(H,22,25). The molecule has 0 aliphatic carbocycles. The van der Waals surface area contributed by atoms with Gasteiger partial charge < -0.3 is 19.7 Å². The molecule has 1 N–H and O–H groups in total. The van der Waals surface area contributed by atoms with Gasteiger partial charge in [-0.2, -0.15) is 0 Å². The summed E-state index contributed by atoms with van der Waals surface area (Å²) in [6.45, 7) is 3.77. The Bertz CT molecular complexity index is 792. The number of anilines is 1. The van der Waals surface area contributed by atoms with Gasteiger partial charge in [0, 0.05) is 32.7 Å². The molecule has 0 bridgehead atoms. The minimum Gasteiger partial charge on any atom is -0.493 e. The highest BCUT2D eigenvalue weighted by molar-refractivity contribution is 6.33. The predicted molar refractivity (Wildman–Crippen MR) is 107 cm³/mol. The van der Waals surface area contributed by atoms with Gasteiger partial charge >= 0.3 is 6.03 Å². The molecule has 27 heavy (non-hydrogen) atoms. The number of methoxy groups -OCH3 is 2. The lowest BCUT2D eigenvalue weighted by Gasteiger charge is -2.34. The number of nitrogens with zero attached hydrogens (tertiary/aromatic N) is 2. The Kier molecular flexibility index (Phi) is 6.42. The monoisotopic (exact) mass is 389 g/mol. The van der Waals surface area contributed by atoms with Crippen molar-refractivity contribution in [2.45, 2.75) is 6.54 Å². The maximum absolute atomic E-state index is 12.4. The fourth-order valence-electron chi connectivity index (χ4n) is 3.10. The van der Waals surface area contributed by atoms with E-state index in [0.717, 1.165) is 36.7 Å². The molecular weight excluding hydrogens is 366 g/mol. The summed E-state index contributed by atoms with van der Waals surface area (Å²) in [5.41, 5.74) is 1.79. The number of para-hydroxylation sites is 1. The molecule has 0 aromatic heterocycles. The average molecular weight is 390 g/mol. The van der Waals surface area contributed by atoms with Gasteiger partial charge in [0.2, 0.25) is 0 Å². The van der Waals surface area contributed by atoms with E-state index in [1.165, 1.54) is 0 Å². The minimum absolute atomic E-state index is 0.117. The second-order valence-corrected chi connectivity index (χ2v) is 6.77. The number of hydrogen-bond acceptors (Lipinski definition) is 4. The molecule has 7 heteroatoms. The molecule has 2 aromatic carbocycles. The Morgan fingerprint density at radius 3 is 2.41 bits per heavy atom. The van der Waals surface area contributed by atoms with Crippen molar-refractivity contribution in [3.63, 3.8) is 0 Å². The second-order valence-electron chi connectivity index (χ2n) is 6.36. The summed E-state index contributed by atoms with van der Waals surface area (Å²) in [4.78, 5) is 16.6. The summed E-state index contributed by atoms with van der Waals surface area (Å²) < 4.78 is 10.6. The Morgan fingerprint density at radius 2 is 1.74 bits per heavy atom. The number of benzene rings is 2. The van der Waals surface area contributed by atoms with Crippen molar-refractivity contribution in [3.8, 4) is 11.5 Å². The largest absolute Gasteiger partial charge is 0.493 e. The molecule has 0 unspecified atom stereocenters. The van der Waals surface area contributed by atoms with E-state index in [0.29, 0.717) is 23.8 Å². The molecule has 2 aromatic rings. The zero-order valence-corrected chi connectivity index (χ0v) is 16.3. The van der Waals surface area contributed by atoms with Crippen molar-refractivity contribution < 1.29 is 14.3 Å². The van der Waals surface area contributed by atoms with Gasteiger partial charge in [0.15, 0.2) is 11.5 Å². The number of hydrogen-bond donors (Lipinski definition) is 1. The summed E-state index contributed by atoms with van der Waals surface area (Å²) in [7, 11) is 3.27. The molecule has 1 heterocycles. The van der Waals surface area contributed by atoms with E-state index >= 15 is 0 Å². The van der Waals surface area contributed by atoms with Crippen molar-refractivity contribution in [1.29, 1.82) is 0 Å². The third-order valence-electron chi connectivity index (χ3n) is 4.63. The molecule has 2 amide bonds. The van der Waals surface area contributed by atoms with E-state index in [4.69, 9.17) is 21.1 Å². The highest BCUT2D eigenvalue weighted by Gasteiger charge is 2.22. The molecule has 144 valence electrons. The highest BCUT2D eigenvalue weighted by Crippen LogP contribution is 2.28. The number of carbonyl (C=O) groups is 1. The Balaban J connectivity index is 1.53. The lowest BCUT2D eigenvalue weighted by atomic mass is 10.1. The fraction of sp³-hybridized carbons (Fsp3) is 0.350. The number of carbonyl (C=O) groups excluding carboxylic acids is 1. The first-order valence-corrected chi connectivity index (χ1v) is 9.22. The molecule has 0 saturated carbocycles. The van der Waals surface area contributed by atoms with Crippen molar-refractivity contribution in [2.75, 3.05) is 45.7 Å². The van der Waals surface area contributed by atoms with E-state index in [1.807, 2.05) is 35.2 Å². The van der Waals surface area contributed by atoms with Crippen molar-refractivity contribution in [1.82, 2.24) is 9.80 Å². The van der Waals surface area contributed by atoms with Gasteiger partial charge in [-0.05, 0) is 29.8 Å². The van der Waals surface area contributed by atoms with Crippen molar-refractivity contribution in [3.05, 3.63) is 53.1 Å². The van der Waals surface area contributed by atoms with E-state index < -0.39 is 0 Å². The van der Waals surface area contributed by atoms with Crippen LogP contribution in [0, 0.1) is 0 Å². The average Bonchev–Trinajstić information content (AvgIpc) is 2.70.